The molecule has 114 valence electrons. The molecule has 0 aromatic carbocycles. The first kappa shape index (κ1) is 15.4. The van der Waals surface area contributed by atoms with E-state index in [0.29, 0.717) is 36.5 Å². The molecule has 1 aliphatic heterocycles. The van der Waals surface area contributed by atoms with Crippen LogP contribution in [-0.4, -0.2) is 42.7 Å². The summed E-state index contributed by atoms with van der Waals surface area (Å²) in [5.74, 6) is 1.87. The Morgan fingerprint density at radius 3 is 2.75 bits per heavy atom. The highest BCUT2D eigenvalue weighted by atomic mass is 32.2. The molecule has 1 aromatic heterocycles. The highest BCUT2D eigenvalue weighted by molar-refractivity contribution is 7.91. The Hall–Kier alpha value is -0.950. The van der Waals surface area contributed by atoms with E-state index in [9.17, 15) is 8.42 Å². The van der Waals surface area contributed by atoms with Crippen molar-refractivity contribution in [2.75, 3.05) is 18.1 Å². The number of hydrogen-bond donors (Lipinski definition) is 1. The first-order valence-electron chi connectivity index (χ1n) is 7.17. The molecule has 7 heteroatoms. The predicted molar refractivity (Wildman–Crippen MR) is 76.3 cm³/mol. The molecule has 2 atom stereocenters. The fourth-order valence-corrected chi connectivity index (χ4v) is 4.25. The molecule has 6 nitrogen and oxygen atoms in total. The van der Waals surface area contributed by atoms with Gasteiger partial charge in [-0.25, -0.2) is 8.42 Å². The highest BCUT2D eigenvalue weighted by Crippen LogP contribution is 2.26. The van der Waals surface area contributed by atoms with Crippen LogP contribution in [0.15, 0.2) is 4.52 Å². The Morgan fingerprint density at radius 1 is 1.45 bits per heavy atom. The molecule has 0 bridgehead atoms. The maximum absolute atomic E-state index is 11.5. The zero-order chi connectivity index (χ0) is 14.8. The summed E-state index contributed by atoms with van der Waals surface area (Å²) in [6.07, 6.45) is 1.28. The van der Waals surface area contributed by atoms with Crippen molar-refractivity contribution in [3.63, 3.8) is 0 Å². The zero-order valence-electron chi connectivity index (χ0n) is 12.3. The number of nitrogens with zero attached hydrogens (tertiary/aromatic N) is 2. The van der Waals surface area contributed by atoms with E-state index in [1.54, 1.807) is 0 Å². The number of likely N-dealkylation sites (N-methyl/N-ethyl adjacent to an activating group) is 1. The molecular weight excluding hydrogens is 278 g/mol. The molecule has 1 N–H and O–H groups in total. The Balaban J connectivity index is 2.02. The molecule has 20 heavy (non-hydrogen) atoms. The van der Waals surface area contributed by atoms with Gasteiger partial charge in [-0.2, -0.15) is 4.98 Å². The molecule has 1 fully saturated rings. The van der Waals surface area contributed by atoms with E-state index in [2.05, 4.69) is 36.2 Å². The zero-order valence-corrected chi connectivity index (χ0v) is 13.1. The maximum atomic E-state index is 11.5. The Labute approximate surface area is 120 Å². The average molecular weight is 301 g/mol. The lowest BCUT2D eigenvalue weighted by Gasteiger charge is -2.19. The third-order valence-electron chi connectivity index (χ3n) is 3.75. The first-order valence-corrected chi connectivity index (χ1v) is 8.99. The highest BCUT2D eigenvalue weighted by Gasteiger charge is 2.32. The third-order valence-corrected chi connectivity index (χ3v) is 5.51. The van der Waals surface area contributed by atoms with Crippen LogP contribution in [0.25, 0.3) is 0 Å². The smallest absolute Gasteiger partial charge is 0.228 e. The summed E-state index contributed by atoms with van der Waals surface area (Å²) < 4.78 is 28.2. The van der Waals surface area contributed by atoms with Gasteiger partial charge in [-0.1, -0.05) is 25.9 Å². The van der Waals surface area contributed by atoms with Crippen LogP contribution in [0.5, 0.6) is 0 Å². The molecule has 0 saturated carbocycles. The van der Waals surface area contributed by atoms with Crippen molar-refractivity contribution in [2.45, 2.75) is 45.6 Å². The largest absolute Gasteiger partial charge is 0.339 e. The number of sulfone groups is 1. The second kappa shape index (κ2) is 6.22. The molecule has 1 aliphatic rings. The van der Waals surface area contributed by atoms with Gasteiger partial charge < -0.3 is 9.84 Å². The normalized spacial score (nSPS) is 23.3. The molecule has 2 heterocycles. The maximum Gasteiger partial charge on any atom is 0.228 e. The van der Waals surface area contributed by atoms with E-state index in [-0.39, 0.29) is 17.4 Å². The summed E-state index contributed by atoms with van der Waals surface area (Å²) in [7, 11) is -2.91. The summed E-state index contributed by atoms with van der Waals surface area (Å²) >= 11 is 0. The van der Waals surface area contributed by atoms with Crippen LogP contribution in [0.1, 0.15) is 44.8 Å². The monoisotopic (exact) mass is 301 g/mol. The van der Waals surface area contributed by atoms with Gasteiger partial charge in [0.2, 0.25) is 5.89 Å². The SMILES string of the molecule is CCNC(Cc1nc(C2CCS(=O)(=O)C2)no1)C(C)C. The van der Waals surface area contributed by atoms with Crippen LogP contribution >= 0.6 is 0 Å². The van der Waals surface area contributed by atoms with Crippen LogP contribution in [0, 0.1) is 5.92 Å². The van der Waals surface area contributed by atoms with Crippen LogP contribution in [0.2, 0.25) is 0 Å². The molecule has 0 aliphatic carbocycles. The summed E-state index contributed by atoms with van der Waals surface area (Å²) in [4.78, 5) is 4.38. The minimum atomic E-state index is -2.91. The molecular formula is C13H23N3O3S. The molecule has 2 unspecified atom stereocenters. The Morgan fingerprint density at radius 2 is 2.20 bits per heavy atom. The van der Waals surface area contributed by atoms with Gasteiger partial charge in [0.1, 0.15) is 0 Å². The lowest BCUT2D eigenvalue weighted by Crippen LogP contribution is -2.35. The van der Waals surface area contributed by atoms with Crippen molar-refractivity contribution >= 4 is 9.84 Å². The van der Waals surface area contributed by atoms with Crippen molar-refractivity contribution in [1.29, 1.82) is 0 Å². The number of rotatable bonds is 6. The fraction of sp³-hybridized carbons (Fsp3) is 0.846. The molecule has 1 aromatic rings. The van der Waals surface area contributed by atoms with Crippen molar-refractivity contribution in [3.8, 4) is 0 Å². The van der Waals surface area contributed by atoms with Gasteiger partial charge in [0.25, 0.3) is 0 Å². The topological polar surface area (TPSA) is 85.1 Å². The van der Waals surface area contributed by atoms with E-state index in [1.165, 1.54) is 0 Å². The minimum absolute atomic E-state index is 0.103. The Bertz CT molecular complexity index is 539. The summed E-state index contributed by atoms with van der Waals surface area (Å²) in [5.41, 5.74) is 0. The standard InChI is InChI=1S/C13H23N3O3S/c1-4-14-11(9(2)3)7-12-15-13(16-19-12)10-5-6-20(17,18)8-10/h9-11,14H,4-8H2,1-3H3. The molecule has 0 spiro atoms. The molecule has 2 rings (SSSR count). The predicted octanol–water partition coefficient (Wildman–Crippen LogP) is 1.15. The van der Waals surface area contributed by atoms with Crippen LogP contribution in [0.4, 0.5) is 0 Å². The quantitative estimate of drug-likeness (QED) is 0.848. The van der Waals surface area contributed by atoms with Crippen molar-refractivity contribution in [1.82, 2.24) is 15.5 Å². The lowest BCUT2D eigenvalue weighted by atomic mass is 10.0. The van der Waals surface area contributed by atoms with Crippen molar-refractivity contribution < 1.29 is 12.9 Å². The van der Waals surface area contributed by atoms with Crippen molar-refractivity contribution in [3.05, 3.63) is 11.7 Å². The van der Waals surface area contributed by atoms with Gasteiger partial charge in [-0.3, -0.25) is 0 Å². The second-order valence-corrected chi connectivity index (χ2v) is 7.99. The third kappa shape index (κ3) is 3.79. The first-order chi connectivity index (χ1) is 9.41. The van der Waals surface area contributed by atoms with Crippen LogP contribution in [-0.2, 0) is 16.3 Å². The average Bonchev–Trinajstić information content (AvgIpc) is 2.95. The van der Waals surface area contributed by atoms with E-state index < -0.39 is 9.84 Å². The Kier molecular flexibility index (Phi) is 4.80. The number of hydrogen-bond acceptors (Lipinski definition) is 6. The summed E-state index contributed by atoms with van der Waals surface area (Å²) in [5, 5.41) is 7.36. The van der Waals surface area contributed by atoms with E-state index in [1.807, 2.05) is 0 Å². The van der Waals surface area contributed by atoms with E-state index >= 15 is 0 Å². The van der Waals surface area contributed by atoms with E-state index in [0.717, 1.165) is 6.54 Å². The van der Waals surface area contributed by atoms with Gasteiger partial charge in [0.15, 0.2) is 15.7 Å². The van der Waals surface area contributed by atoms with Gasteiger partial charge in [-0.15, -0.1) is 0 Å². The fourth-order valence-electron chi connectivity index (χ4n) is 2.51. The van der Waals surface area contributed by atoms with Gasteiger partial charge in [-0.05, 0) is 18.9 Å². The lowest BCUT2D eigenvalue weighted by molar-refractivity contribution is 0.326. The second-order valence-electron chi connectivity index (χ2n) is 5.76. The molecule has 1 saturated heterocycles. The summed E-state index contributed by atoms with van der Waals surface area (Å²) in [6.45, 7) is 7.25. The van der Waals surface area contributed by atoms with Gasteiger partial charge in [0, 0.05) is 18.4 Å². The summed E-state index contributed by atoms with van der Waals surface area (Å²) in [6, 6.07) is 0.292. The minimum Gasteiger partial charge on any atom is -0.339 e. The molecule has 0 radical (unpaired) electrons. The van der Waals surface area contributed by atoms with E-state index in [4.69, 9.17) is 4.52 Å². The van der Waals surface area contributed by atoms with Gasteiger partial charge >= 0.3 is 0 Å². The number of nitrogens with one attached hydrogen (secondary N) is 1. The van der Waals surface area contributed by atoms with Crippen LogP contribution in [0.3, 0.4) is 0 Å². The van der Waals surface area contributed by atoms with Crippen LogP contribution < -0.4 is 5.32 Å². The number of aromatic nitrogens is 2. The van der Waals surface area contributed by atoms with Crippen molar-refractivity contribution in [2.24, 2.45) is 5.92 Å². The van der Waals surface area contributed by atoms with Gasteiger partial charge in [0.05, 0.1) is 11.5 Å². The molecule has 0 amide bonds.